The van der Waals surface area contributed by atoms with Crippen LogP contribution in [0, 0.1) is 11.8 Å². The van der Waals surface area contributed by atoms with Gasteiger partial charge in [-0.25, -0.2) is 4.79 Å². The zero-order chi connectivity index (χ0) is 9.42. The highest BCUT2D eigenvalue weighted by molar-refractivity contribution is 5.65. The summed E-state index contributed by atoms with van der Waals surface area (Å²) in [7, 11) is 0. The smallest absolute Gasteiger partial charge is 0.407 e. The Balaban J connectivity index is 1.99. The number of hydrogen-bond acceptors (Lipinski definition) is 2. The maximum Gasteiger partial charge on any atom is 0.407 e. The lowest BCUT2D eigenvalue weighted by molar-refractivity contribution is 0.0917. The van der Waals surface area contributed by atoms with Crippen molar-refractivity contribution in [2.75, 3.05) is 13.2 Å². The van der Waals surface area contributed by atoms with E-state index in [1.807, 2.05) is 0 Å². The summed E-state index contributed by atoms with van der Waals surface area (Å²) in [6.07, 6.45) is 1.91. The van der Waals surface area contributed by atoms with E-state index in [1.54, 1.807) is 0 Å². The van der Waals surface area contributed by atoms with Crippen molar-refractivity contribution in [1.82, 2.24) is 4.90 Å². The number of piperidine rings is 1. The average molecular weight is 185 g/mol. The van der Waals surface area contributed by atoms with Gasteiger partial charge in [0, 0.05) is 19.2 Å². The molecule has 74 valence electrons. The number of fused-ring (bicyclic) bond motifs is 1. The molecule has 1 aliphatic heterocycles. The number of likely N-dealkylation sites (tertiary alicyclic amines) is 1. The molecule has 0 radical (unpaired) electrons. The SMILES string of the molecule is O=C(O)N1C[C@@H]2C[C@@H]2C[C@H]1CCO. The fourth-order valence-corrected chi connectivity index (χ4v) is 2.36. The van der Waals surface area contributed by atoms with E-state index in [4.69, 9.17) is 10.2 Å². The predicted octanol–water partition coefficient (Wildman–Crippen LogP) is 0.757. The van der Waals surface area contributed by atoms with Crippen molar-refractivity contribution in [2.45, 2.75) is 25.3 Å². The molecule has 1 heterocycles. The van der Waals surface area contributed by atoms with Crippen molar-refractivity contribution < 1.29 is 15.0 Å². The molecule has 2 N–H and O–H groups in total. The molecule has 0 aromatic rings. The Morgan fingerprint density at radius 1 is 1.38 bits per heavy atom. The highest BCUT2D eigenvalue weighted by atomic mass is 16.4. The topological polar surface area (TPSA) is 60.8 Å². The minimum atomic E-state index is -0.830. The molecule has 3 atom stereocenters. The summed E-state index contributed by atoms with van der Waals surface area (Å²) in [4.78, 5) is 12.4. The fraction of sp³-hybridized carbons (Fsp3) is 0.889. The van der Waals surface area contributed by atoms with Crippen molar-refractivity contribution in [1.29, 1.82) is 0 Å². The number of nitrogens with zero attached hydrogens (tertiary/aromatic N) is 1. The molecular formula is C9H15NO3. The molecular weight excluding hydrogens is 170 g/mol. The summed E-state index contributed by atoms with van der Waals surface area (Å²) in [6.45, 7) is 0.774. The van der Waals surface area contributed by atoms with Gasteiger partial charge >= 0.3 is 6.09 Å². The molecule has 2 rings (SSSR count). The molecule has 0 unspecified atom stereocenters. The third-order valence-corrected chi connectivity index (χ3v) is 3.22. The van der Waals surface area contributed by atoms with Crippen LogP contribution in [0.25, 0.3) is 0 Å². The van der Waals surface area contributed by atoms with Gasteiger partial charge in [-0.2, -0.15) is 0 Å². The van der Waals surface area contributed by atoms with Crippen LogP contribution >= 0.6 is 0 Å². The zero-order valence-electron chi connectivity index (χ0n) is 7.52. The van der Waals surface area contributed by atoms with E-state index in [0.717, 1.165) is 12.3 Å². The number of rotatable bonds is 2. The summed E-state index contributed by atoms with van der Waals surface area (Å²) in [5.41, 5.74) is 0. The third-order valence-electron chi connectivity index (χ3n) is 3.22. The van der Waals surface area contributed by atoms with E-state index in [0.29, 0.717) is 18.9 Å². The molecule has 0 aromatic carbocycles. The highest BCUT2D eigenvalue weighted by Crippen LogP contribution is 2.47. The van der Waals surface area contributed by atoms with Gasteiger partial charge in [0.2, 0.25) is 0 Å². The van der Waals surface area contributed by atoms with Gasteiger partial charge in [-0.1, -0.05) is 0 Å². The molecule has 1 aliphatic carbocycles. The van der Waals surface area contributed by atoms with Crippen LogP contribution < -0.4 is 0 Å². The van der Waals surface area contributed by atoms with E-state index < -0.39 is 6.09 Å². The van der Waals surface area contributed by atoms with Gasteiger partial charge in [-0.3, -0.25) is 0 Å². The second-order valence-corrected chi connectivity index (χ2v) is 4.09. The Morgan fingerprint density at radius 3 is 2.77 bits per heavy atom. The van der Waals surface area contributed by atoms with Crippen molar-refractivity contribution in [3.63, 3.8) is 0 Å². The van der Waals surface area contributed by atoms with Gasteiger partial charge in [0.05, 0.1) is 0 Å². The molecule has 0 bridgehead atoms. The maximum atomic E-state index is 10.8. The lowest BCUT2D eigenvalue weighted by Gasteiger charge is -2.32. The number of carboxylic acid groups (broad SMARTS) is 1. The lowest BCUT2D eigenvalue weighted by Crippen LogP contribution is -2.44. The Bertz CT molecular complexity index is 219. The second-order valence-electron chi connectivity index (χ2n) is 4.09. The number of aliphatic hydroxyl groups excluding tert-OH is 1. The molecule has 2 fully saturated rings. The normalized spacial score (nSPS) is 37.0. The summed E-state index contributed by atoms with van der Waals surface area (Å²) >= 11 is 0. The fourth-order valence-electron chi connectivity index (χ4n) is 2.36. The Morgan fingerprint density at radius 2 is 2.15 bits per heavy atom. The zero-order valence-corrected chi connectivity index (χ0v) is 7.52. The highest BCUT2D eigenvalue weighted by Gasteiger charge is 2.46. The van der Waals surface area contributed by atoms with Crippen molar-refractivity contribution in [3.05, 3.63) is 0 Å². The standard InChI is InChI=1S/C9H15NO3/c11-2-1-8-4-6-3-7(6)5-10(8)9(12)13/h6-8,11H,1-5H2,(H,12,13)/t6-,7+,8-/m1/s1. The molecule has 2 aliphatic rings. The first-order chi connectivity index (χ1) is 6.22. The number of aliphatic hydroxyl groups is 1. The Hall–Kier alpha value is -0.770. The van der Waals surface area contributed by atoms with Crippen LogP contribution in [0.4, 0.5) is 4.79 Å². The minimum Gasteiger partial charge on any atom is -0.465 e. The number of hydrogen-bond donors (Lipinski definition) is 2. The largest absolute Gasteiger partial charge is 0.465 e. The van der Waals surface area contributed by atoms with Gasteiger partial charge in [0.25, 0.3) is 0 Å². The molecule has 0 spiro atoms. The quantitative estimate of drug-likeness (QED) is 0.667. The van der Waals surface area contributed by atoms with Gasteiger partial charge in [-0.05, 0) is 31.1 Å². The summed E-state index contributed by atoms with van der Waals surface area (Å²) < 4.78 is 0. The van der Waals surface area contributed by atoms with Crippen molar-refractivity contribution in [2.24, 2.45) is 11.8 Å². The number of amides is 1. The van der Waals surface area contributed by atoms with Crippen LogP contribution in [0.3, 0.4) is 0 Å². The van der Waals surface area contributed by atoms with Crippen LogP contribution in [0.5, 0.6) is 0 Å². The van der Waals surface area contributed by atoms with Crippen LogP contribution in [0.15, 0.2) is 0 Å². The van der Waals surface area contributed by atoms with Crippen molar-refractivity contribution >= 4 is 6.09 Å². The van der Waals surface area contributed by atoms with Crippen molar-refractivity contribution in [3.8, 4) is 0 Å². The van der Waals surface area contributed by atoms with E-state index >= 15 is 0 Å². The molecule has 4 nitrogen and oxygen atoms in total. The van der Waals surface area contributed by atoms with Crippen LogP contribution in [0.2, 0.25) is 0 Å². The molecule has 0 aromatic heterocycles. The van der Waals surface area contributed by atoms with E-state index in [2.05, 4.69) is 0 Å². The lowest BCUT2D eigenvalue weighted by atomic mass is 10.0. The average Bonchev–Trinajstić information content (AvgIpc) is 2.81. The monoisotopic (exact) mass is 185 g/mol. The minimum absolute atomic E-state index is 0.0613. The molecule has 1 saturated heterocycles. The Kier molecular flexibility index (Phi) is 2.15. The summed E-state index contributed by atoms with van der Waals surface area (Å²) in [6, 6.07) is 0.0613. The van der Waals surface area contributed by atoms with E-state index in [9.17, 15) is 4.79 Å². The first-order valence-electron chi connectivity index (χ1n) is 4.82. The molecule has 4 heteroatoms. The number of carbonyl (C=O) groups is 1. The first-order valence-corrected chi connectivity index (χ1v) is 4.82. The Labute approximate surface area is 77.2 Å². The molecule has 13 heavy (non-hydrogen) atoms. The van der Waals surface area contributed by atoms with Gasteiger partial charge in [0.1, 0.15) is 0 Å². The summed E-state index contributed by atoms with van der Waals surface area (Å²) in [5.74, 6) is 1.36. The molecule has 1 saturated carbocycles. The molecule has 1 amide bonds. The second kappa shape index (κ2) is 3.18. The van der Waals surface area contributed by atoms with E-state index in [-0.39, 0.29) is 12.6 Å². The third kappa shape index (κ3) is 1.63. The maximum absolute atomic E-state index is 10.8. The first kappa shape index (κ1) is 8.81. The predicted molar refractivity (Wildman–Crippen MR) is 46.4 cm³/mol. The van der Waals surface area contributed by atoms with Gasteiger partial charge in [0.15, 0.2) is 0 Å². The summed E-state index contributed by atoms with van der Waals surface area (Å²) in [5, 5.41) is 17.7. The van der Waals surface area contributed by atoms with Crippen LogP contribution in [-0.2, 0) is 0 Å². The van der Waals surface area contributed by atoms with Crippen LogP contribution in [-0.4, -0.2) is 40.4 Å². The van der Waals surface area contributed by atoms with Crippen LogP contribution in [0.1, 0.15) is 19.3 Å². The van der Waals surface area contributed by atoms with E-state index in [1.165, 1.54) is 11.3 Å². The van der Waals surface area contributed by atoms with Gasteiger partial charge < -0.3 is 15.1 Å². The van der Waals surface area contributed by atoms with Gasteiger partial charge in [-0.15, -0.1) is 0 Å².